The second-order valence-corrected chi connectivity index (χ2v) is 9.05. The second-order valence-electron chi connectivity index (χ2n) is 5.75. The highest BCUT2D eigenvalue weighted by Gasteiger charge is 2.27. The minimum atomic E-state index is -3.19. The predicted octanol–water partition coefficient (Wildman–Crippen LogP) is 1.84. The highest BCUT2D eigenvalue weighted by molar-refractivity contribution is 7.88. The van der Waals surface area contributed by atoms with E-state index in [1.165, 1.54) is 15.4 Å². The highest BCUT2D eigenvalue weighted by Crippen LogP contribution is 2.22. The van der Waals surface area contributed by atoms with Gasteiger partial charge in [0.15, 0.2) is 0 Å². The zero-order valence-electron chi connectivity index (χ0n) is 13.1. The van der Waals surface area contributed by atoms with Crippen LogP contribution in [0.3, 0.4) is 0 Å². The number of hydrogen-bond donors (Lipinski definition) is 2. The third-order valence-electron chi connectivity index (χ3n) is 3.72. The number of nitrogens with zero attached hydrogens (tertiary/aromatic N) is 1. The summed E-state index contributed by atoms with van der Waals surface area (Å²) in [5, 5.41) is 5.78. The lowest BCUT2D eigenvalue weighted by Crippen LogP contribution is -2.51. The van der Waals surface area contributed by atoms with Crippen LogP contribution in [0.25, 0.3) is 0 Å². The Labute approximate surface area is 135 Å². The highest BCUT2D eigenvalue weighted by atomic mass is 32.2. The van der Waals surface area contributed by atoms with Gasteiger partial charge >= 0.3 is 6.03 Å². The van der Waals surface area contributed by atoms with Crippen molar-refractivity contribution in [3.63, 3.8) is 0 Å². The molecule has 2 rings (SSSR count). The van der Waals surface area contributed by atoms with Gasteiger partial charge in [0.1, 0.15) is 0 Å². The first-order valence-electron chi connectivity index (χ1n) is 7.34. The molecular weight excluding hydrogens is 322 g/mol. The van der Waals surface area contributed by atoms with Gasteiger partial charge in [-0.1, -0.05) is 0 Å². The van der Waals surface area contributed by atoms with Crippen LogP contribution in [0.5, 0.6) is 0 Å². The van der Waals surface area contributed by atoms with Gasteiger partial charge in [0.2, 0.25) is 10.0 Å². The fourth-order valence-corrected chi connectivity index (χ4v) is 4.33. The first kappa shape index (κ1) is 17.2. The van der Waals surface area contributed by atoms with Gasteiger partial charge in [-0.25, -0.2) is 17.5 Å². The molecule has 2 atom stereocenters. The lowest BCUT2D eigenvalue weighted by atomic mass is 10.1. The molecule has 0 unspecified atom stereocenters. The average Bonchev–Trinajstić information content (AvgIpc) is 2.84. The summed E-state index contributed by atoms with van der Waals surface area (Å²) in [7, 11) is -3.19. The number of nitrogens with one attached hydrogen (secondary N) is 2. The Morgan fingerprint density at radius 1 is 1.45 bits per heavy atom. The molecule has 1 aromatic heterocycles. The molecule has 1 aliphatic heterocycles. The molecule has 0 bridgehead atoms. The fourth-order valence-electron chi connectivity index (χ4n) is 2.54. The SMILES string of the molecule is Cc1ccc([C@@H](C)NC(=O)N[C@@H]2CCCN(S(C)(=O)=O)C2)s1. The van der Waals surface area contributed by atoms with Crippen LogP contribution in [-0.2, 0) is 10.0 Å². The van der Waals surface area contributed by atoms with Crippen molar-refractivity contribution in [3.05, 3.63) is 21.9 Å². The maximum Gasteiger partial charge on any atom is 0.315 e. The number of carbonyl (C=O) groups excluding carboxylic acids is 1. The second kappa shape index (κ2) is 6.97. The Hall–Kier alpha value is -1.12. The fraction of sp³-hybridized carbons (Fsp3) is 0.643. The Kier molecular flexibility index (Phi) is 5.46. The van der Waals surface area contributed by atoms with E-state index in [1.54, 1.807) is 11.3 Å². The van der Waals surface area contributed by atoms with Gasteiger partial charge in [0.25, 0.3) is 0 Å². The van der Waals surface area contributed by atoms with Gasteiger partial charge in [-0.05, 0) is 38.8 Å². The van der Waals surface area contributed by atoms with Gasteiger partial charge in [-0.15, -0.1) is 11.3 Å². The number of sulfonamides is 1. The van der Waals surface area contributed by atoms with Crippen molar-refractivity contribution < 1.29 is 13.2 Å². The van der Waals surface area contributed by atoms with E-state index in [0.717, 1.165) is 17.7 Å². The van der Waals surface area contributed by atoms with E-state index in [2.05, 4.69) is 10.6 Å². The number of carbonyl (C=O) groups is 1. The first-order chi connectivity index (χ1) is 10.3. The lowest BCUT2D eigenvalue weighted by Gasteiger charge is -2.31. The smallest absolute Gasteiger partial charge is 0.315 e. The minimum Gasteiger partial charge on any atom is -0.334 e. The molecule has 0 spiro atoms. The van der Waals surface area contributed by atoms with Gasteiger partial charge < -0.3 is 10.6 Å². The first-order valence-corrected chi connectivity index (χ1v) is 10.0. The largest absolute Gasteiger partial charge is 0.334 e. The number of hydrogen-bond acceptors (Lipinski definition) is 4. The third-order valence-corrected chi connectivity index (χ3v) is 6.18. The van der Waals surface area contributed by atoms with Crippen molar-refractivity contribution in [3.8, 4) is 0 Å². The zero-order valence-corrected chi connectivity index (χ0v) is 14.8. The van der Waals surface area contributed by atoms with E-state index in [-0.39, 0.29) is 18.1 Å². The third kappa shape index (κ3) is 4.69. The van der Waals surface area contributed by atoms with Crippen molar-refractivity contribution >= 4 is 27.4 Å². The van der Waals surface area contributed by atoms with Crippen LogP contribution >= 0.6 is 11.3 Å². The molecule has 8 heteroatoms. The summed E-state index contributed by atoms with van der Waals surface area (Å²) in [5.41, 5.74) is 0. The van der Waals surface area contributed by atoms with Gasteiger partial charge in [-0.2, -0.15) is 0 Å². The maximum absolute atomic E-state index is 12.1. The van der Waals surface area contributed by atoms with E-state index in [9.17, 15) is 13.2 Å². The molecule has 1 fully saturated rings. The monoisotopic (exact) mass is 345 g/mol. The minimum absolute atomic E-state index is 0.0618. The number of amides is 2. The number of thiophene rings is 1. The molecule has 0 aliphatic carbocycles. The van der Waals surface area contributed by atoms with Gasteiger partial charge in [0.05, 0.1) is 12.3 Å². The molecule has 6 nitrogen and oxygen atoms in total. The van der Waals surface area contributed by atoms with Crippen molar-refractivity contribution in [2.75, 3.05) is 19.3 Å². The van der Waals surface area contributed by atoms with E-state index in [1.807, 2.05) is 26.0 Å². The average molecular weight is 345 g/mol. The number of piperidine rings is 1. The molecular formula is C14H23N3O3S2. The maximum atomic E-state index is 12.1. The Morgan fingerprint density at radius 2 is 2.18 bits per heavy atom. The lowest BCUT2D eigenvalue weighted by molar-refractivity contribution is 0.223. The van der Waals surface area contributed by atoms with Crippen molar-refractivity contribution in [2.24, 2.45) is 0 Å². The topological polar surface area (TPSA) is 78.5 Å². The Morgan fingerprint density at radius 3 is 2.77 bits per heavy atom. The molecule has 0 radical (unpaired) electrons. The summed E-state index contributed by atoms with van der Waals surface area (Å²) in [4.78, 5) is 14.4. The molecule has 1 aromatic rings. The van der Waals surface area contributed by atoms with E-state index in [0.29, 0.717) is 13.1 Å². The van der Waals surface area contributed by atoms with Gasteiger partial charge in [-0.3, -0.25) is 0 Å². The van der Waals surface area contributed by atoms with Crippen molar-refractivity contribution in [1.29, 1.82) is 0 Å². The zero-order chi connectivity index (χ0) is 16.3. The molecule has 1 saturated heterocycles. The molecule has 0 aromatic carbocycles. The molecule has 2 heterocycles. The number of aryl methyl sites for hydroxylation is 1. The Balaban J connectivity index is 1.86. The van der Waals surface area contributed by atoms with Crippen LogP contribution in [0.4, 0.5) is 4.79 Å². The summed E-state index contributed by atoms with van der Waals surface area (Å²) in [6.45, 7) is 4.85. The van der Waals surface area contributed by atoms with Crippen LogP contribution in [-0.4, -0.2) is 44.1 Å². The molecule has 1 aliphatic rings. The summed E-state index contributed by atoms with van der Waals surface area (Å²) < 4.78 is 24.6. The molecule has 124 valence electrons. The summed E-state index contributed by atoms with van der Waals surface area (Å²) in [6.07, 6.45) is 2.76. The predicted molar refractivity (Wildman–Crippen MR) is 88.6 cm³/mol. The van der Waals surface area contributed by atoms with Crippen molar-refractivity contribution in [2.45, 2.75) is 38.8 Å². The van der Waals surface area contributed by atoms with Crippen LogP contribution < -0.4 is 10.6 Å². The van der Waals surface area contributed by atoms with Crippen molar-refractivity contribution in [1.82, 2.24) is 14.9 Å². The van der Waals surface area contributed by atoms with Crippen LogP contribution in [0.1, 0.15) is 35.6 Å². The van der Waals surface area contributed by atoms with Crippen LogP contribution in [0.15, 0.2) is 12.1 Å². The van der Waals surface area contributed by atoms with E-state index >= 15 is 0 Å². The van der Waals surface area contributed by atoms with E-state index in [4.69, 9.17) is 0 Å². The normalized spacial score (nSPS) is 21.3. The van der Waals surface area contributed by atoms with Crippen LogP contribution in [0, 0.1) is 6.92 Å². The molecule has 22 heavy (non-hydrogen) atoms. The molecule has 2 N–H and O–H groups in total. The number of urea groups is 1. The summed E-state index contributed by atoms with van der Waals surface area (Å²) in [6, 6.07) is 3.59. The molecule has 0 saturated carbocycles. The van der Waals surface area contributed by atoms with E-state index < -0.39 is 10.0 Å². The van der Waals surface area contributed by atoms with Gasteiger partial charge in [0, 0.05) is 28.9 Å². The standard InChI is InChI=1S/C14H23N3O3S2/c1-10-6-7-13(21-10)11(2)15-14(18)16-12-5-4-8-17(9-12)22(3,19)20/h6-7,11-12H,4-5,8-9H2,1-3H3,(H2,15,16,18)/t11-,12-/m1/s1. The number of rotatable bonds is 4. The Bertz CT molecular complexity index is 627. The quantitative estimate of drug-likeness (QED) is 0.874. The summed E-state index contributed by atoms with van der Waals surface area (Å²) >= 11 is 1.66. The molecule has 2 amide bonds. The van der Waals surface area contributed by atoms with Crippen LogP contribution in [0.2, 0.25) is 0 Å². The summed E-state index contributed by atoms with van der Waals surface area (Å²) in [5.74, 6) is 0.